The van der Waals surface area contributed by atoms with E-state index in [9.17, 15) is 4.79 Å². The van der Waals surface area contributed by atoms with Gasteiger partial charge in [0.15, 0.2) is 6.10 Å². The second-order valence-electron chi connectivity index (χ2n) is 5.73. The molecular formula is C20H18ClN3O2. The molecule has 0 saturated heterocycles. The highest BCUT2D eigenvalue weighted by Crippen LogP contribution is 2.25. The van der Waals surface area contributed by atoms with Crippen LogP contribution in [0.15, 0.2) is 60.8 Å². The zero-order valence-electron chi connectivity index (χ0n) is 14.5. The van der Waals surface area contributed by atoms with E-state index in [1.165, 1.54) is 6.08 Å². The van der Waals surface area contributed by atoms with Crippen molar-refractivity contribution in [3.63, 3.8) is 0 Å². The third-order valence-electron chi connectivity index (χ3n) is 3.87. The highest BCUT2D eigenvalue weighted by atomic mass is 35.5. The monoisotopic (exact) mass is 367 g/mol. The van der Waals surface area contributed by atoms with Gasteiger partial charge < -0.3 is 4.74 Å². The van der Waals surface area contributed by atoms with E-state index in [1.807, 2.05) is 55.5 Å². The van der Waals surface area contributed by atoms with Crippen LogP contribution in [0.1, 0.15) is 28.6 Å². The Morgan fingerprint density at radius 1 is 1.19 bits per heavy atom. The fourth-order valence-corrected chi connectivity index (χ4v) is 2.84. The average molecular weight is 368 g/mol. The number of pyridine rings is 1. The molecule has 1 unspecified atom stereocenters. The highest BCUT2D eigenvalue weighted by molar-refractivity contribution is 6.31. The van der Waals surface area contributed by atoms with Gasteiger partial charge in [-0.05, 0) is 30.7 Å². The normalized spacial score (nSPS) is 12.3. The lowest BCUT2D eigenvalue weighted by molar-refractivity contribution is -0.141. The van der Waals surface area contributed by atoms with Gasteiger partial charge in [-0.15, -0.1) is 0 Å². The van der Waals surface area contributed by atoms with E-state index in [4.69, 9.17) is 16.3 Å². The summed E-state index contributed by atoms with van der Waals surface area (Å²) in [5, 5.41) is 4.68. The summed E-state index contributed by atoms with van der Waals surface area (Å²) < 4.78 is 7.23. The van der Waals surface area contributed by atoms with Crippen molar-refractivity contribution in [1.82, 2.24) is 14.8 Å². The average Bonchev–Trinajstić information content (AvgIpc) is 2.91. The lowest BCUT2D eigenvalue weighted by atomic mass is 10.1. The van der Waals surface area contributed by atoms with Crippen molar-refractivity contribution in [3.05, 3.63) is 88.5 Å². The summed E-state index contributed by atoms with van der Waals surface area (Å²) in [6.45, 7) is 1.83. The molecular weight excluding hydrogens is 350 g/mol. The van der Waals surface area contributed by atoms with Crippen LogP contribution in [0.3, 0.4) is 0 Å². The maximum atomic E-state index is 12.4. The second kappa shape index (κ2) is 7.97. The molecule has 2 heterocycles. The van der Waals surface area contributed by atoms with Gasteiger partial charge in [0.25, 0.3) is 0 Å². The molecule has 3 rings (SSSR count). The quantitative estimate of drug-likeness (QED) is 0.502. The van der Waals surface area contributed by atoms with E-state index in [2.05, 4.69) is 10.1 Å². The van der Waals surface area contributed by atoms with Crippen LogP contribution in [0.4, 0.5) is 0 Å². The number of carbonyl (C=O) groups is 1. The summed E-state index contributed by atoms with van der Waals surface area (Å²) in [4.78, 5) is 16.7. The van der Waals surface area contributed by atoms with Crippen LogP contribution in [-0.4, -0.2) is 20.7 Å². The van der Waals surface area contributed by atoms with Gasteiger partial charge in [-0.3, -0.25) is 9.67 Å². The third kappa shape index (κ3) is 4.00. The van der Waals surface area contributed by atoms with Crippen LogP contribution < -0.4 is 0 Å². The number of hydrogen-bond donors (Lipinski definition) is 0. The van der Waals surface area contributed by atoms with Gasteiger partial charge in [-0.25, -0.2) is 4.79 Å². The van der Waals surface area contributed by atoms with Crippen molar-refractivity contribution in [1.29, 1.82) is 0 Å². The molecule has 0 radical (unpaired) electrons. The fraction of sp³-hybridized carbons (Fsp3) is 0.150. The number of halogens is 1. The molecule has 0 aliphatic carbocycles. The molecule has 1 aromatic carbocycles. The molecule has 0 bridgehead atoms. The first-order chi connectivity index (χ1) is 12.6. The Kier molecular flexibility index (Phi) is 5.49. The van der Waals surface area contributed by atoms with E-state index < -0.39 is 12.1 Å². The van der Waals surface area contributed by atoms with Gasteiger partial charge in [0.05, 0.1) is 11.4 Å². The molecule has 0 fully saturated rings. The smallest absolute Gasteiger partial charge is 0.331 e. The van der Waals surface area contributed by atoms with Crippen LogP contribution in [-0.2, 0) is 16.6 Å². The number of nitrogens with zero attached hydrogens (tertiary/aromatic N) is 3. The standard InChI is InChI=1S/C20H18ClN3O2/c1-14-16(20(21)24(2)23-14)11-12-18(25)26-19(15-8-4-3-5-9-15)17-10-6-7-13-22-17/h3-13,19H,1-2H3. The Labute approximate surface area is 156 Å². The molecule has 0 spiro atoms. The van der Waals surface area contributed by atoms with Crippen molar-refractivity contribution < 1.29 is 9.53 Å². The molecule has 0 amide bonds. The molecule has 0 saturated carbocycles. The Hall–Kier alpha value is -2.92. The summed E-state index contributed by atoms with van der Waals surface area (Å²) in [6.07, 6.45) is 4.07. The Bertz CT molecular complexity index is 881. The fourth-order valence-electron chi connectivity index (χ4n) is 2.60. The van der Waals surface area contributed by atoms with E-state index >= 15 is 0 Å². The number of esters is 1. The summed E-state index contributed by atoms with van der Waals surface area (Å²) in [5.74, 6) is -0.483. The van der Waals surface area contributed by atoms with E-state index in [1.54, 1.807) is 24.0 Å². The molecule has 26 heavy (non-hydrogen) atoms. The predicted molar refractivity (Wildman–Crippen MR) is 101 cm³/mol. The zero-order chi connectivity index (χ0) is 18.5. The molecule has 0 N–H and O–H groups in total. The summed E-state index contributed by atoms with van der Waals surface area (Å²) in [5.41, 5.74) is 2.95. The zero-order valence-corrected chi connectivity index (χ0v) is 15.2. The summed E-state index contributed by atoms with van der Waals surface area (Å²) in [6, 6.07) is 15.0. The van der Waals surface area contributed by atoms with E-state index in [0.717, 1.165) is 11.3 Å². The number of benzene rings is 1. The largest absolute Gasteiger partial charge is 0.448 e. The van der Waals surface area contributed by atoms with Crippen LogP contribution in [0.25, 0.3) is 6.08 Å². The molecule has 3 aromatic rings. The molecule has 1 atom stereocenters. The van der Waals surface area contributed by atoms with Crippen molar-refractivity contribution in [2.24, 2.45) is 7.05 Å². The van der Waals surface area contributed by atoms with Crippen LogP contribution >= 0.6 is 11.6 Å². The first-order valence-corrected chi connectivity index (χ1v) is 8.47. The minimum atomic E-state index is -0.583. The number of aromatic nitrogens is 3. The minimum Gasteiger partial charge on any atom is -0.448 e. The Balaban J connectivity index is 1.83. The van der Waals surface area contributed by atoms with Crippen molar-refractivity contribution in [2.75, 3.05) is 0 Å². The van der Waals surface area contributed by atoms with Crippen LogP contribution in [0.2, 0.25) is 5.15 Å². The lowest BCUT2D eigenvalue weighted by Crippen LogP contribution is -2.12. The van der Waals surface area contributed by atoms with Gasteiger partial charge in [-0.1, -0.05) is 48.0 Å². The first-order valence-electron chi connectivity index (χ1n) is 8.10. The molecule has 6 heteroatoms. The number of carbonyl (C=O) groups excluding carboxylic acids is 1. The highest BCUT2D eigenvalue weighted by Gasteiger charge is 2.19. The maximum Gasteiger partial charge on any atom is 0.331 e. The van der Waals surface area contributed by atoms with Gasteiger partial charge >= 0.3 is 5.97 Å². The van der Waals surface area contributed by atoms with E-state index in [-0.39, 0.29) is 0 Å². The molecule has 132 valence electrons. The molecule has 5 nitrogen and oxygen atoms in total. The second-order valence-corrected chi connectivity index (χ2v) is 6.09. The first kappa shape index (κ1) is 17.9. The number of ether oxygens (including phenoxy) is 1. The topological polar surface area (TPSA) is 57.0 Å². The minimum absolute atomic E-state index is 0.468. The third-order valence-corrected chi connectivity index (χ3v) is 4.32. The van der Waals surface area contributed by atoms with Crippen molar-refractivity contribution in [3.8, 4) is 0 Å². The molecule has 0 aliphatic rings. The molecule has 0 aliphatic heterocycles. The Morgan fingerprint density at radius 2 is 1.92 bits per heavy atom. The molecule has 2 aromatic heterocycles. The van der Waals surface area contributed by atoms with Crippen LogP contribution in [0.5, 0.6) is 0 Å². The maximum absolute atomic E-state index is 12.4. The number of hydrogen-bond acceptors (Lipinski definition) is 4. The van der Waals surface area contributed by atoms with Crippen LogP contribution in [0, 0.1) is 6.92 Å². The van der Waals surface area contributed by atoms with Crippen molar-refractivity contribution >= 4 is 23.6 Å². The van der Waals surface area contributed by atoms with E-state index in [0.29, 0.717) is 16.4 Å². The van der Waals surface area contributed by atoms with Gasteiger partial charge in [0, 0.05) is 24.9 Å². The van der Waals surface area contributed by atoms with Gasteiger partial charge in [0.1, 0.15) is 5.15 Å². The lowest BCUT2D eigenvalue weighted by Gasteiger charge is -2.16. The van der Waals surface area contributed by atoms with Gasteiger partial charge in [0.2, 0.25) is 0 Å². The SMILES string of the molecule is Cc1nn(C)c(Cl)c1C=CC(=O)OC(c1ccccc1)c1ccccn1. The number of rotatable bonds is 5. The van der Waals surface area contributed by atoms with Gasteiger partial charge in [-0.2, -0.15) is 5.10 Å². The predicted octanol–water partition coefficient (Wildman–Crippen LogP) is 4.12. The van der Waals surface area contributed by atoms with Crippen molar-refractivity contribution in [2.45, 2.75) is 13.0 Å². The number of aryl methyl sites for hydroxylation is 2. The summed E-state index contributed by atoms with van der Waals surface area (Å²) in [7, 11) is 1.75. The Morgan fingerprint density at radius 3 is 2.54 bits per heavy atom. The summed E-state index contributed by atoms with van der Waals surface area (Å²) >= 11 is 6.18.